The predicted molar refractivity (Wildman–Crippen MR) is 95.9 cm³/mol. The summed E-state index contributed by atoms with van der Waals surface area (Å²) in [7, 11) is 0. The maximum atomic E-state index is 13.5. The molecular weight excluding hydrogens is 381 g/mol. The first-order valence-electron chi connectivity index (χ1n) is 8.34. The Kier molecular flexibility index (Phi) is 4.14. The Bertz CT molecular complexity index is 941. The highest BCUT2D eigenvalue weighted by atomic mass is 35.5. The van der Waals surface area contributed by atoms with Gasteiger partial charge in [-0.25, -0.2) is 0 Å². The van der Waals surface area contributed by atoms with Gasteiger partial charge in [0.2, 0.25) is 0 Å². The number of allylic oxidation sites excluding steroid dienone is 2. The molecule has 1 aliphatic carbocycles. The highest BCUT2D eigenvalue weighted by Crippen LogP contribution is 2.54. The van der Waals surface area contributed by atoms with Crippen molar-refractivity contribution in [2.45, 2.75) is 24.6 Å². The van der Waals surface area contributed by atoms with Crippen LogP contribution in [0.15, 0.2) is 48.6 Å². The van der Waals surface area contributed by atoms with Crippen LogP contribution in [0.1, 0.15) is 35.1 Å². The number of rotatable bonds is 2. The van der Waals surface area contributed by atoms with Crippen molar-refractivity contribution < 1.29 is 18.1 Å². The molecule has 27 heavy (non-hydrogen) atoms. The van der Waals surface area contributed by atoms with Crippen LogP contribution in [-0.4, -0.2) is 4.92 Å². The van der Waals surface area contributed by atoms with Crippen molar-refractivity contribution in [3.8, 4) is 0 Å². The van der Waals surface area contributed by atoms with Crippen LogP contribution in [0.5, 0.6) is 0 Å². The average molecular weight is 395 g/mol. The van der Waals surface area contributed by atoms with Gasteiger partial charge in [0.15, 0.2) is 0 Å². The molecule has 0 aromatic heterocycles. The van der Waals surface area contributed by atoms with E-state index < -0.39 is 22.7 Å². The largest absolute Gasteiger partial charge is 0.418 e. The number of non-ortho nitro benzene ring substituents is 1. The summed E-state index contributed by atoms with van der Waals surface area (Å²) < 4.78 is 40.6. The van der Waals surface area contributed by atoms with Crippen LogP contribution in [0.4, 0.5) is 24.5 Å². The number of nitrogens with one attached hydrogen (secondary N) is 1. The number of anilines is 1. The van der Waals surface area contributed by atoms with Crippen molar-refractivity contribution in [1.82, 2.24) is 0 Å². The molecule has 0 saturated heterocycles. The number of halogens is 4. The van der Waals surface area contributed by atoms with E-state index in [0.717, 1.165) is 6.07 Å². The number of benzene rings is 2. The fraction of sp³-hybridized carbons (Fsp3) is 0.263. The fourth-order valence-electron chi connectivity index (χ4n) is 4.03. The maximum absolute atomic E-state index is 13.5. The van der Waals surface area contributed by atoms with Gasteiger partial charge in [0.1, 0.15) is 0 Å². The summed E-state index contributed by atoms with van der Waals surface area (Å²) in [5.41, 5.74) is 0.343. The van der Waals surface area contributed by atoms with Crippen molar-refractivity contribution in [2.24, 2.45) is 5.92 Å². The second-order valence-corrected chi connectivity index (χ2v) is 7.11. The third-order valence-electron chi connectivity index (χ3n) is 5.23. The van der Waals surface area contributed by atoms with E-state index in [9.17, 15) is 23.3 Å². The molecule has 1 N–H and O–H groups in total. The normalized spacial score (nSPS) is 23.5. The Hall–Kier alpha value is -2.54. The molecule has 2 aliphatic rings. The van der Waals surface area contributed by atoms with Crippen LogP contribution in [0.3, 0.4) is 0 Å². The standard InChI is InChI=1S/C19H14ClF3N2O2/c20-15-9-8-14(19(21,22)23)18-16(15)12-2-1-3-13(12)17(24-18)10-4-6-11(7-5-10)25(26)27/h1-2,4-9,12-13,17,24H,3H2/t12-,13+,17-/m1/s1. The van der Waals surface area contributed by atoms with Gasteiger partial charge >= 0.3 is 6.18 Å². The smallest absolute Gasteiger partial charge is 0.377 e. The number of alkyl halides is 3. The summed E-state index contributed by atoms with van der Waals surface area (Å²) >= 11 is 6.26. The van der Waals surface area contributed by atoms with Gasteiger partial charge in [-0.3, -0.25) is 10.1 Å². The van der Waals surface area contributed by atoms with E-state index in [1.54, 1.807) is 12.1 Å². The number of nitro groups is 1. The minimum atomic E-state index is -4.52. The van der Waals surface area contributed by atoms with Crippen molar-refractivity contribution >= 4 is 23.0 Å². The number of hydrogen-bond donors (Lipinski definition) is 1. The van der Waals surface area contributed by atoms with Gasteiger partial charge in [-0.15, -0.1) is 0 Å². The molecule has 0 fully saturated rings. The summed E-state index contributed by atoms with van der Waals surface area (Å²) in [6, 6.07) is 7.79. The Morgan fingerprint density at radius 1 is 1.15 bits per heavy atom. The second-order valence-electron chi connectivity index (χ2n) is 6.71. The second kappa shape index (κ2) is 6.27. The molecule has 1 aliphatic heterocycles. The zero-order valence-electron chi connectivity index (χ0n) is 13.8. The number of hydrogen-bond acceptors (Lipinski definition) is 3. The molecule has 0 radical (unpaired) electrons. The molecule has 4 nitrogen and oxygen atoms in total. The summed E-state index contributed by atoms with van der Waals surface area (Å²) in [6.45, 7) is 0. The van der Waals surface area contributed by atoms with Crippen molar-refractivity contribution in [2.75, 3.05) is 5.32 Å². The molecule has 2 aromatic rings. The lowest BCUT2D eigenvalue weighted by atomic mass is 9.76. The minimum Gasteiger partial charge on any atom is -0.377 e. The SMILES string of the molecule is O=[N+]([O-])c1ccc([C@H]2Nc3c(C(F)(F)F)ccc(Cl)c3[C@@H]3C=CC[C@H]23)cc1. The zero-order valence-corrected chi connectivity index (χ0v) is 14.6. The van der Waals surface area contributed by atoms with Gasteiger partial charge in [0.25, 0.3) is 5.69 Å². The topological polar surface area (TPSA) is 55.2 Å². The summed E-state index contributed by atoms with van der Waals surface area (Å²) in [5, 5.41) is 14.2. The average Bonchev–Trinajstić information content (AvgIpc) is 3.09. The first kappa shape index (κ1) is 17.9. The van der Waals surface area contributed by atoms with Crippen LogP contribution < -0.4 is 5.32 Å². The highest BCUT2D eigenvalue weighted by molar-refractivity contribution is 6.32. The number of fused-ring (bicyclic) bond motifs is 3. The molecule has 3 atom stereocenters. The Morgan fingerprint density at radius 3 is 2.48 bits per heavy atom. The van der Waals surface area contributed by atoms with Crippen LogP contribution in [0, 0.1) is 16.0 Å². The van der Waals surface area contributed by atoms with Crippen LogP contribution in [0.25, 0.3) is 0 Å². The first-order chi connectivity index (χ1) is 12.8. The fourth-order valence-corrected chi connectivity index (χ4v) is 4.32. The van der Waals surface area contributed by atoms with Crippen molar-refractivity contribution in [3.63, 3.8) is 0 Å². The monoisotopic (exact) mass is 394 g/mol. The Morgan fingerprint density at radius 2 is 1.85 bits per heavy atom. The molecule has 0 amide bonds. The third-order valence-corrected chi connectivity index (χ3v) is 5.56. The van der Waals surface area contributed by atoms with Gasteiger partial charge < -0.3 is 5.32 Å². The third kappa shape index (κ3) is 2.96. The molecule has 0 unspecified atom stereocenters. The van der Waals surface area contributed by atoms with E-state index in [2.05, 4.69) is 5.32 Å². The molecule has 2 aromatic carbocycles. The predicted octanol–water partition coefficient (Wildman–Crippen LogP) is 6.09. The molecule has 140 valence electrons. The number of nitro benzene ring substituents is 1. The van der Waals surface area contributed by atoms with Gasteiger partial charge in [-0.05, 0) is 30.0 Å². The molecule has 1 heterocycles. The lowest BCUT2D eigenvalue weighted by Gasteiger charge is -2.39. The summed E-state index contributed by atoms with van der Waals surface area (Å²) in [6.07, 6.45) is 0.0119. The highest BCUT2D eigenvalue weighted by Gasteiger charge is 2.44. The van der Waals surface area contributed by atoms with E-state index in [0.29, 0.717) is 22.6 Å². The van der Waals surface area contributed by atoms with Crippen molar-refractivity contribution in [3.05, 3.63) is 80.4 Å². The van der Waals surface area contributed by atoms with Crippen LogP contribution in [-0.2, 0) is 6.18 Å². The van der Waals surface area contributed by atoms with E-state index in [-0.39, 0.29) is 23.2 Å². The molecule has 0 spiro atoms. The molecule has 4 rings (SSSR count). The maximum Gasteiger partial charge on any atom is 0.418 e. The number of nitrogens with zero attached hydrogens (tertiary/aromatic N) is 1. The van der Waals surface area contributed by atoms with E-state index in [1.807, 2.05) is 12.2 Å². The lowest BCUT2D eigenvalue weighted by molar-refractivity contribution is -0.384. The van der Waals surface area contributed by atoms with E-state index in [4.69, 9.17) is 11.6 Å². The van der Waals surface area contributed by atoms with E-state index in [1.165, 1.54) is 18.2 Å². The summed E-state index contributed by atoms with van der Waals surface area (Å²) in [5.74, 6) is -0.254. The molecule has 0 bridgehead atoms. The van der Waals surface area contributed by atoms with Crippen LogP contribution >= 0.6 is 11.6 Å². The lowest BCUT2D eigenvalue weighted by Crippen LogP contribution is -2.31. The molecular formula is C19H14ClF3N2O2. The Balaban J connectivity index is 1.83. The van der Waals surface area contributed by atoms with Gasteiger partial charge in [0.05, 0.1) is 22.2 Å². The zero-order chi connectivity index (χ0) is 19.3. The molecule has 0 saturated carbocycles. The van der Waals surface area contributed by atoms with Gasteiger partial charge in [-0.1, -0.05) is 35.9 Å². The van der Waals surface area contributed by atoms with Gasteiger partial charge in [-0.2, -0.15) is 13.2 Å². The van der Waals surface area contributed by atoms with Gasteiger partial charge in [0, 0.05) is 28.6 Å². The molecule has 8 heteroatoms. The summed E-state index contributed by atoms with van der Waals surface area (Å²) in [4.78, 5) is 10.4. The van der Waals surface area contributed by atoms with E-state index >= 15 is 0 Å². The first-order valence-corrected chi connectivity index (χ1v) is 8.72. The Labute approximate surface area is 157 Å². The van der Waals surface area contributed by atoms with Crippen molar-refractivity contribution in [1.29, 1.82) is 0 Å². The quantitative estimate of drug-likeness (QED) is 0.380. The minimum absolute atomic E-state index is 0.00819. The van der Waals surface area contributed by atoms with Crippen LogP contribution in [0.2, 0.25) is 5.02 Å².